The Morgan fingerprint density at radius 1 is 1.24 bits per heavy atom. The minimum Gasteiger partial charge on any atom is -0.494 e. The number of carbonyl (C=O) groups excluding carboxylic acids is 1. The molecule has 2 heterocycles. The van der Waals surface area contributed by atoms with E-state index in [4.69, 9.17) is 14.2 Å². The van der Waals surface area contributed by atoms with E-state index in [1.165, 1.54) is 11.3 Å². The van der Waals surface area contributed by atoms with Crippen LogP contribution >= 0.6 is 11.3 Å². The second-order valence-electron chi connectivity index (χ2n) is 6.51. The lowest BCUT2D eigenvalue weighted by molar-refractivity contribution is -0.117. The van der Waals surface area contributed by atoms with Gasteiger partial charge in [-0.3, -0.25) is 4.79 Å². The van der Waals surface area contributed by atoms with Crippen molar-refractivity contribution < 1.29 is 19.0 Å². The first-order valence-corrected chi connectivity index (χ1v) is 10.3. The Labute approximate surface area is 172 Å². The smallest absolute Gasteiger partial charge is 0.252 e. The number of aromatic nitrogens is 1. The Balaban J connectivity index is 1.66. The number of hydrogen-bond donors (Lipinski definition) is 0. The van der Waals surface area contributed by atoms with E-state index in [9.17, 15) is 4.79 Å². The Bertz CT molecular complexity index is 1110. The molecule has 1 amide bonds. The van der Waals surface area contributed by atoms with Crippen LogP contribution in [0.5, 0.6) is 17.2 Å². The summed E-state index contributed by atoms with van der Waals surface area (Å²) in [6, 6.07) is 11.4. The van der Waals surface area contributed by atoms with E-state index in [-0.39, 0.29) is 12.3 Å². The summed E-state index contributed by atoms with van der Waals surface area (Å²) in [4.78, 5) is 17.6. The predicted molar refractivity (Wildman–Crippen MR) is 113 cm³/mol. The lowest BCUT2D eigenvalue weighted by Gasteiger charge is -2.18. The number of hydrogen-bond acceptors (Lipinski definition) is 5. The van der Waals surface area contributed by atoms with Gasteiger partial charge in [-0.2, -0.15) is 4.99 Å². The van der Waals surface area contributed by atoms with Gasteiger partial charge in [-0.05, 0) is 24.6 Å². The predicted octanol–water partition coefficient (Wildman–Crippen LogP) is 3.73. The van der Waals surface area contributed by atoms with Crippen LogP contribution in [0.1, 0.15) is 12.5 Å². The highest BCUT2D eigenvalue weighted by Crippen LogP contribution is 2.35. The fourth-order valence-corrected chi connectivity index (χ4v) is 4.26. The van der Waals surface area contributed by atoms with Crippen LogP contribution < -0.4 is 19.0 Å². The van der Waals surface area contributed by atoms with Crippen molar-refractivity contribution in [2.45, 2.75) is 19.9 Å². The van der Waals surface area contributed by atoms with Crippen LogP contribution in [0.25, 0.3) is 10.2 Å². The second kappa shape index (κ2) is 8.53. The van der Waals surface area contributed by atoms with Crippen LogP contribution in [-0.4, -0.2) is 30.3 Å². The maximum atomic E-state index is 12.6. The summed E-state index contributed by atoms with van der Waals surface area (Å²) in [6.45, 7) is 8.00. The second-order valence-corrected chi connectivity index (χ2v) is 7.52. The van der Waals surface area contributed by atoms with Gasteiger partial charge < -0.3 is 18.8 Å². The molecule has 1 aliphatic heterocycles. The topological polar surface area (TPSA) is 62.1 Å². The molecular formula is C22H22N2O4S. The zero-order valence-electron chi connectivity index (χ0n) is 16.2. The van der Waals surface area contributed by atoms with Gasteiger partial charge in [0, 0.05) is 18.7 Å². The van der Waals surface area contributed by atoms with Gasteiger partial charge in [0.1, 0.15) is 19.0 Å². The molecule has 7 heteroatoms. The number of carbonyl (C=O) groups is 1. The molecule has 3 aromatic rings. The van der Waals surface area contributed by atoms with Gasteiger partial charge in [0.15, 0.2) is 16.3 Å². The van der Waals surface area contributed by atoms with Gasteiger partial charge >= 0.3 is 0 Å². The van der Waals surface area contributed by atoms with Gasteiger partial charge in [-0.1, -0.05) is 29.5 Å². The number of rotatable bonds is 6. The first-order chi connectivity index (χ1) is 14.2. The van der Waals surface area contributed by atoms with Crippen molar-refractivity contribution in [2.75, 3.05) is 19.8 Å². The highest BCUT2D eigenvalue weighted by Gasteiger charge is 2.16. The van der Waals surface area contributed by atoms with Gasteiger partial charge in [0.2, 0.25) is 0 Å². The molecule has 0 unspecified atom stereocenters. The molecule has 0 aliphatic carbocycles. The summed E-state index contributed by atoms with van der Waals surface area (Å²) < 4.78 is 19.8. The van der Waals surface area contributed by atoms with E-state index >= 15 is 0 Å². The number of fused-ring (bicyclic) bond motifs is 2. The summed E-state index contributed by atoms with van der Waals surface area (Å²) in [6.07, 6.45) is 2.02. The van der Waals surface area contributed by atoms with Crippen LogP contribution in [-0.2, 0) is 17.8 Å². The molecule has 6 nitrogen and oxygen atoms in total. The SMILES string of the molecule is C=CCn1c(=NC(=O)Cc2ccc(OCC)cc2)sc2cc3c(cc21)OCCO3. The average molecular weight is 410 g/mol. The standard InChI is InChI=1S/C22H22N2O4S/c1-3-9-24-17-13-18-19(28-11-10-27-18)14-20(17)29-22(24)23-21(25)12-15-5-7-16(8-6-15)26-4-2/h3,5-8,13-14H,1,4,9-12H2,2H3. The quantitative estimate of drug-likeness (QED) is 0.581. The van der Waals surface area contributed by atoms with E-state index in [2.05, 4.69) is 11.6 Å². The van der Waals surface area contributed by atoms with Crippen molar-refractivity contribution in [3.8, 4) is 17.2 Å². The van der Waals surface area contributed by atoms with Crippen LogP contribution in [0, 0.1) is 0 Å². The van der Waals surface area contributed by atoms with E-state index in [1.807, 2.05) is 47.9 Å². The van der Waals surface area contributed by atoms with E-state index < -0.39 is 0 Å². The van der Waals surface area contributed by atoms with Crippen molar-refractivity contribution in [3.05, 3.63) is 59.4 Å². The van der Waals surface area contributed by atoms with Crippen molar-refractivity contribution in [2.24, 2.45) is 4.99 Å². The average Bonchev–Trinajstić information content (AvgIpc) is 3.04. The third-order valence-electron chi connectivity index (χ3n) is 4.47. The van der Waals surface area contributed by atoms with Gasteiger partial charge in [0.05, 0.1) is 23.2 Å². The maximum Gasteiger partial charge on any atom is 0.252 e. The Hall–Kier alpha value is -3.06. The molecule has 0 spiro atoms. The number of allylic oxidation sites excluding steroid dienone is 1. The molecule has 0 radical (unpaired) electrons. The molecule has 0 saturated carbocycles. The molecular weight excluding hydrogens is 388 g/mol. The molecule has 0 saturated heterocycles. The molecule has 150 valence electrons. The fourth-order valence-electron chi connectivity index (χ4n) is 3.19. The zero-order chi connectivity index (χ0) is 20.2. The van der Waals surface area contributed by atoms with Gasteiger partial charge in [0.25, 0.3) is 5.91 Å². The summed E-state index contributed by atoms with van der Waals surface area (Å²) in [7, 11) is 0. The van der Waals surface area contributed by atoms with Crippen molar-refractivity contribution in [1.82, 2.24) is 4.57 Å². The van der Waals surface area contributed by atoms with Crippen LogP contribution in [0.15, 0.2) is 54.0 Å². The third kappa shape index (κ3) is 4.19. The summed E-state index contributed by atoms with van der Waals surface area (Å²) >= 11 is 1.46. The number of nitrogens with zero attached hydrogens (tertiary/aromatic N) is 2. The van der Waals surface area contributed by atoms with Crippen molar-refractivity contribution >= 4 is 27.5 Å². The largest absolute Gasteiger partial charge is 0.494 e. The molecule has 1 aromatic heterocycles. The molecule has 1 aliphatic rings. The minimum absolute atomic E-state index is 0.198. The molecule has 0 fully saturated rings. The molecule has 0 N–H and O–H groups in total. The zero-order valence-corrected chi connectivity index (χ0v) is 17.0. The van der Waals surface area contributed by atoms with Gasteiger partial charge in [-0.25, -0.2) is 0 Å². The van der Waals surface area contributed by atoms with Crippen LogP contribution in [0.2, 0.25) is 0 Å². The number of amides is 1. The minimum atomic E-state index is -0.198. The molecule has 0 bridgehead atoms. The summed E-state index contributed by atoms with van der Waals surface area (Å²) in [5.41, 5.74) is 1.85. The Kier molecular flexibility index (Phi) is 5.67. The van der Waals surface area contributed by atoms with E-state index in [0.717, 1.165) is 27.3 Å². The highest BCUT2D eigenvalue weighted by atomic mass is 32.1. The normalized spacial score (nSPS) is 13.5. The lowest BCUT2D eigenvalue weighted by atomic mass is 10.1. The number of benzene rings is 2. The fraction of sp³-hybridized carbons (Fsp3) is 0.273. The molecule has 4 rings (SSSR count). The molecule has 29 heavy (non-hydrogen) atoms. The van der Waals surface area contributed by atoms with Crippen LogP contribution in [0.4, 0.5) is 0 Å². The number of thiazole rings is 1. The first kappa shape index (κ1) is 19.3. The third-order valence-corrected chi connectivity index (χ3v) is 5.51. The Morgan fingerprint density at radius 2 is 1.97 bits per heavy atom. The first-order valence-electron chi connectivity index (χ1n) is 9.51. The monoisotopic (exact) mass is 410 g/mol. The summed E-state index contributed by atoms with van der Waals surface area (Å²) in [5.74, 6) is 2.04. The molecule has 0 atom stereocenters. The summed E-state index contributed by atoms with van der Waals surface area (Å²) in [5, 5.41) is 0. The number of ether oxygens (including phenoxy) is 3. The van der Waals surface area contributed by atoms with E-state index in [0.29, 0.717) is 36.9 Å². The van der Waals surface area contributed by atoms with Gasteiger partial charge in [-0.15, -0.1) is 6.58 Å². The highest BCUT2D eigenvalue weighted by molar-refractivity contribution is 7.16. The van der Waals surface area contributed by atoms with Crippen molar-refractivity contribution in [3.63, 3.8) is 0 Å². The molecule has 2 aromatic carbocycles. The van der Waals surface area contributed by atoms with Crippen molar-refractivity contribution in [1.29, 1.82) is 0 Å². The Morgan fingerprint density at radius 3 is 2.66 bits per heavy atom. The lowest BCUT2D eigenvalue weighted by Crippen LogP contribution is -2.17. The van der Waals surface area contributed by atoms with Crippen LogP contribution in [0.3, 0.4) is 0 Å². The van der Waals surface area contributed by atoms with E-state index in [1.54, 1.807) is 6.08 Å². The maximum absolute atomic E-state index is 12.6.